The molecule has 0 fully saturated rings. The SMILES string of the molecule is CCOC(=O)c1c(NC(=O)Cn2nc(C(=O)[O-])c3ccccc3c2=O)sc2c1CCC2. The molecule has 1 amide bonds. The average Bonchev–Trinajstić information content (AvgIpc) is 3.30. The number of thiophene rings is 1. The van der Waals surface area contributed by atoms with E-state index >= 15 is 0 Å². The molecule has 3 aromatic rings. The molecule has 9 nitrogen and oxygen atoms in total. The highest BCUT2D eigenvalue weighted by atomic mass is 32.1. The average molecular weight is 440 g/mol. The van der Waals surface area contributed by atoms with Crippen LogP contribution >= 0.6 is 11.3 Å². The fraction of sp³-hybridized carbons (Fsp3) is 0.286. The van der Waals surface area contributed by atoms with Gasteiger partial charge in [0.2, 0.25) is 5.91 Å². The van der Waals surface area contributed by atoms with Crippen molar-refractivity contribution in [2.45, 2.75) is 32.7 Å². The minimum Gasteiger partial charge on any atom is -0.543 e. The van der Waals surface area contributed by atoms with Gasteiger partial charge in [-0.25, -0.2) is 9.48 Å². The van der Waals surface area contributed by atoms with Gasteiger partial charge in [0, 0.05) is 10.3 Å². The molecule has 0 radical (unpaired) electrons. The van der Waals surface area contributed by atoms with Crippen molar-refractivity contribution >= 4 is 45.0 Å². The minimum absolute atomic E-state index is 0.117. The first-order valence-corrected chi connectivity index (χ1v) is 10.5. The van der Waals surface area contributed by atoms with E-state index in [0.717, 1.165) is 34.4 Å². The highest BCUT2D eigenvalue weighted by molar-refractivity contribution is 7.17. The van der Waals surface area contributed by atoms with Crippen molar-refractivity contribution in [1.29, 1.82) is 0 Å². The molecular weight excluding hydrogens is 422 g/mol. The number of nitrogens with zero attached hydrogens (tertiary/aromatic N) is 2. The number of fused-ring (bicyclic) bond motifs is 2. The van der Waals surface area contributed by atoms with E-state index in [4.69, 9.17) is 4.74 Å². The van der Waals surface area contributed by atoms with Gasteiger partial charge in [0.1, 0.15) is 17.2 Å². The van der Waals surface area contributed by atoms with Crippen molar-refractivity contribution in [1.82, 2.24) is 9.78 Å². The summed E-state index contributed by atoms with van der Waals surface area (Å²) in [6.07, 6.45) is 2.49. The van der Waals surface area contributed by atoms with Crippen molar-refractivity contribution < 1.29 is 24.2 Å². The van der Waals surface area contributed by atoms with Gasteiger partial charge in [-0.05, 0) is 37.8 Å². The number of ether oxygens (including phenoxy) is 1. The third-order valence-electron chi connectivity index (χ3n) is 5.01. The predicted octanol–water partition coefficient (Wildman–Crippen LogP) is 1.13. The molecule has 1 aromatic carbocycles. The first-order valence-electron chi connectivity index (χ1n) is 9.73. The molecule has 4 rings (SSSR count). The van der Waals surface area contributed by atoms with E-state index in [9.17, 15) is 24.3 Å². The van der Waals surface area contributed by atoms with Crippen LogP contribution in [0, 0.1) is 0 Å². The number of hydrogen-bond acceptors (Lipinski definition) is 8. The van der Waals surface area contributed by atoms with Crippen LogP contribution in [0.4, 0.5) is 5.00 Å². The summed E-state index contributed by atoms with van der Waals surface area (Å²) in [5.41, 5.74) is 0.210. The Bertz CT molecular complexity index is 1280. The highest BCUT2D eigenvalue weighted by Crippen LogP contribution is 2.39. The topological polar surface area (TPSA) is 130 Å². The van der Waals surface area contributed by atoms with Crippen LogP contribution in [0.5, 0.6) is 0 Å². The first kappa shape index (κ1) is 20.7. The zero-order valence-electron chi connectivity index (χ0n) is 16.6. The molecule has 0 unspecified atom stereocenters. The molecule has 0 atom stereocenters. The molecule has 0 saturated carbocycles. The molecular formula is C21H18N3O6S-. The second-order valence-corrected chi connectivity index (χ2v) is 8.08. The number of esters is 1. The highest BCUT2D eigenvalue weighted by Gasteiger charge is 2.28. The molecule has 31 heavy (non-hydrogen) atoms. The van der Waals surface area contributed by atoms with Gasteiger partial charge in [0.25, 0.3) is 5.56 Å². The number of aryl methyl sites for hydroxylation is 1. The number of aromatic nitrogens is 2. The zero-order valence-corrected chi connectivity index (χ0v) is 17.4. The van der Waals surface area contributed by atoms with E-state index in [1.54, 1.807) is 19.1 Å². The molecule has 0 saturated heterocycles. The van der Waals surface area contributed by atoms with Crippen molar-refractivity contribution in [3.05, 3.63) is 56.3 Å². The number of carboxylic acid groups (broad SMARTS) is 1. The van der Waals surface area contributed by atoms with Gasteiger partial charge in [-0.15, -0.1) is 11.3 Å². The molecule has 2 aromatic heterocycles. The van der Waals surface area contributed by atoms with Crippen molar-refractivity contribution in [2.75, 3.05) is 11.9 Å². The van der Waals surface area contributed by atoms with Gasteiger partial charge in [0.05, 0.1) is 23.5 Å². The van der Waals surface area contributed by atoms with Gasteiger partial charge in [-0.2, -0.15) is 5.10 Å². The maximum Gasteiger partial charge on any atom is 0.341 e. The molecule has 1 aliphatic carbocycles. The van der Waals surface area contributed by atoms with E-state index in [0.29, 0.717) is 10.6 Å². The number of nitrogens with one attached hydrogen (secondary N) is 1. The van der Waals surface area contributed by atoms with Crippen molar-refractivity contribution in [3.8, 4) is 0 Å². The number of benzene rings is 1. The van der Waals surface area contributed by atoms with Crippen LogP contribution < -0.4 is 16.0 Å². The summed E-state index contributed by atoms with van der Waals surface area (Å²) >= 11 is 1.31. The van der Waals surface area contributed by atoms with Crippen molar-refractivity contribution in [2.24, 2.45) is 0 Å². The van der Waals surface area contributed by atoms with Gasteiger partial charge in [0.15, 0.2) is 0 Å². The van der Waals surface area contributed by atoms with E-state index < -0.39 is 35.6 Å². The Morgan fingerprint density at radius 2 is 1.97 bits per heavy atom. The Morgan fingerprint density at radius 1 is 1.23 bits per heavy atom. The fourth-order valence-corrected chi connectivity index (χ4v) is 5.00. The van der Waals surface area contributed by atoms with Gasteiger partial charge < -0.3 is 20.0 Å². The first-order chi connectivity index (χ1) is 14.9. The van der Waals surface area contributed by atoms with Gasteiger partial charge in [-0.1, -0.05) is 18.2 Å². The summed E-state index contributed by atoms with van der Waals surface area (Å²) < 4.78 is 5.92. The molecule has 160 valence electrons. The van der Waals surface area contributed by atoms with Crippen LogP contribution in [0.3, 0.4) is 0 Å². The molecule has 1 aliphatic rings. The summed E-state index contributed by atoms with van der Waals surface area (Å²) in [5, 5.41) is 18.6. The fourth-order valence-electron chi connectivity index (χ4n) is 3.71. The summed E-state index contributed by atoms with van der Waals surface area (Å²) in [6, 6.07) is 6.09. The molecule has 10 heteroatoms. The number of rotatable bonds is 6. The molecule has 0 spiro atoms. The number of carbonyl (C=O) groups excluding carboxylic acids is 3. The van der Waals surface area contributed by atoms with E-state index in [2.05, 4.69) is 10.4 Å². The largest absolute Gasteiger partial charge is 0.543 e. The number of anilines is 1. The van der Waals surface area contributed by atoms with Crippen LogP contribution in [0.25, 0.3) is 10.8 Å². The van der Waals surface area contributed by atoms with Gasteiger partial charge >= 0.3 is 5.97 Å². The Morgan fingerprint density at radius 3 is 2.68 bits per heavy atom. The van der Waals surface area contributed by atoms with E-state index in [1.165, 1.54) is 23.5 Å². The molecule has 0 bridgehead atoms. The predicted molar refractivity (Wildman–Crippen MR) is 111 cm³/mol. The monoisotopic (exact) mass is 440 g/mol. The van der Waals surface area contributed by atoms with Crippen LogP contribution in [0.15, 0.2) is 29.1 Å². The molecule has 1 N–H and O–H groups in total. The van der Waals surface area contributed by atoms with Crippen molar-refractivity contribution in [3.63, 3.8) is 0 Å². The van der Waals surface area contributed by atoms with Crippen LogP contribution in [0.1, 0.15) is 44.6 Å². The maximum absolute atomic E-state index is 12.7. The zero-order chi connectivity index (χ0) is 22.1. The second-order valence-electron chi connectivity index (χ2n) is 6.97. The quantitative estimate of drug-likeness (QED) is 0.569. The van der Waals surface area contributed by atoms with Crippen LogP contribution in [-0.4, -0.2) is 34.2 Å². The molecule has 0 aliphatic heterocycles. The number of aromatic carboxylic acids is 1. The van der Waals surface area contributed by atoms with Crippen LogP contribution in [0.2, 0.25) is 0 Å². The van der Waals surface area contributed by atoms with Crippen LogP contribution in [-0.2, 0) is 28.9 Å². The Hall–Kier alpha value is -3.53. The van der Waals surface area contributed by atoms with E-state index in [-0.39, 0.29) is 17.4 Å². The lowest BCUT2D eigenvalue weighted by atomic mass is 10.1. The van der Waals surface area contributed by atoms with E-state index in [1.807, 2.05) is 0 Å². The summed E-state index contributed by atoms with van der Waals surface area (Å²) in [5.74, 6) is -2.67. The number of carbonyl (C=O) groups is 3. The lowest BCUT2D eigenvalue weighted by molar-refractivity contribution is -0.255. The summed E-state index contributed by atoms with van der Waals surface area (Å²) in [6.45, 7) is 1.39. The number of carboxylic acids is 1. The maximum atomic E-state index is 12.7. The minimum atomic E-state index is -1.55. The van der Waals surface area contributed by atoms with Gasteiger partial charge in [-0.3, -0.25) is 9.59 Å². The standard InChI is InChI=1S/C21H19N3O6S/c1-2-30-21(29)16-13-8-5-9-14(13)31-18(16)22-15(25)10-24-19(26)12-7-4-3-6-11(12)17(23-24)20(27)28/h3-4,6-7H,2,5,8-10H2,1H3,(H,22,25)(H,27,28)/p-1. The number of amides is 1. The third kappa shape index (κ3) is 3.81. The number of hydrogen-bond donors (Lipinski definition) is 1. The Labute approximate surface area is 180 Å². The summed E-state index contributed by atoms with van der Waals surface area (Å²) in [4.78, 5) is 50.3. The normalized spacial score (nSPS) is 12.5. The third-order valence-corrected chi connectivity index (χ3v) is 6.22. The molecule has 2 heterocycles. The smallest absolute Gasteiger partial charge is 0.341 e. The lowest BCUT2D eigenvalue weighted by Gasteiger charge is -2.12. The Kier molecular flexibility index (Phi) is 5.55. The second kappa shape index (κ2) is 8.31. The summed E-state index contributed by atoms with van der Waals surface area (Å²) in [7, 11) is 0. The Balaban J connectivity index is 1.66. The lowest BCUT2D eigenvalue weighted by Crippen LogP contribution is -2.34.